The van der Waals surface area contributed by atoms with E-state index in [9.17, 15) is 14.7 Å². The Bertz CT molecular complexity index is 2060. The minimum atomic E-state index is -0.786. The fourth-order valence-electron chi connectivity index (χ4n) is 10.9. The highest BCUT2D eigenvalue weighted by Gasteiger charge is 2.16. The molecule has 5 heteroatoms. The van der Waals surface area contributed by atoms with Gasteiger partial charge in [0.05, 0.1) is 6.61 Å². The molecule has 0 aromatic heterocycles. The number of hydrogen-bond acceptors (Lipinski definition) is 5. The van der Waals surface area contributed by atoms with Crippen molar-refractivity contribution in [2.24, 2.45) is 0 Å². The molecule has 0 saturated heterocycles. The lowest BCUT2D eigenvalue weighted by Crippen LogP contribution is -2.28. The molecule has 0 fully saturated rings. The van der Waals surface area contributed by atoms with Crippen LogP contribution in [0, 0.1) is 0 Å². The standard InChI is InChI=1S/C89H146O5/c1-3-5-7-9-11-13-15-17-19-21-23-25-27-29-31-33-35-37-39-41-43-44-46-48-50-52-54-56-58-60-62-64-66-68-70-72-74-76-78-80-82-84-89(92)94-87(85-90)86-93-88(91)83-81-79-77-75-73-71-69-67-65-63-61-59-57-55-53-51-49-47-45-42-40-38-36-34-32-30-28-26-24-22-20-18-16-14-12-10-8-6-4-2/h5-8,11-14,17-20,23-26,29-32,35,37,41,43,46,48,52,54,58,60,87,90H,3-4,9-10,15-16,21-22,27-28,33-34,36,38-40,42,44-45,47,49-51,53,55-57,59,61-86H2,1-2H3/b7-5-,8-6-,13-11-,14-12-,19-17-,20-18-,25-23-,26-24-,31-29-,32-30-,37-35-,43-41-,48-46-,54-52-,60-58-. The van der Waals surface area contributed by atoms with Crippen molar-refractivity contribution in [1.29, 1.82) is 0 Å². The van der Waals surface area contributed by atoms with Gasteiger partial charge in [-0.2, -0.15) is 0 Å². The second-order valence-corrected chi connectivity index (χ2v) is 25.7. The minimum Gasteiger partial charge on any atom is -0.462 e. The van der Waals surface area contributed by atoms with Crippen molar-refractivity contribution < 1.29 is 24.2 Å². The first kappa shape index (κ1) is 89.0. The summed E-state index contributed by atoms with van der Waals surface area (Å²) in [6.45, 7) is 3.93. The van der Waals surface area contributed by atoms with Crippen LogP contribution in [0.3, 0.4) is 0 Å². The van der Waals surface area contributed by atoms with Crippen LogP contribution in [0.5, 0.6) is 0 Å². The maximum atomic E-state index is 12.4. The Hall–Kier alpha value is -5.00. The smallest absolute Gasteiger partial charge is 0.306 e. The Kier molecular flexibility index (Phi) is 77.9. The maximum absolute atomic E-state index is 12.4. The average molecular weight is 1300 g/mol. The quantitative estimate of drug-likeness (QED) is 0.0373. The number of aliphatic hydroxyl groups is 1. The van der Waals surface area contributed by atoms with Crippen molar-refractivity contribution in [3.63, 3.8) is 0 Å². The number of allylic oxidation sites excluding steroid dienone is 30. The van der Waals surface area contributed by atoms with Crippen LogP contribution in [0.2, 0.25) is 0 Å². The van der Waals surface area contributed by atoms with Crippen molar-refractivity contribution in [1.82, 2.24) is 0 Å². The van der Waals surface area contributed by atoms with Crippen LogP contribution in [0.15, 0.2) is 182 Å². The number of esters is 2. The van der Waals surface area contributed by atoms with Crippen LogP contribution in [0.25, 0.3) is 0 Å². The van der Waals surface area contributed by atoms with E-state index < -0.39 is 6.10 Å². The SMILES string of the molecule is CC/C=C\C/C=C\C/C=C\C/C=C\C/C=C\C/C=C\C/C=C\C/C=C\C/C=C\C/C=C\CCCCCCCCCCCCC(=O)OC(CO)COC(=O)CCCCCCCCCCCCCCCCCCCCCCCCC/C=C\C/C=C\C/C=C\C/C=C\C/C=C\CC. The van der Waals surface area contributed by atoms with Gasteiger partial charge in [-0.15, -0.1) is 0 Å². The molecular formula is C89H146O5. The third-order valence-corrected chi connectivity index (χ3v) is 16.7. The van der Waals surface area contributed by atoms with Gasteiger partial charge in [0.15, 0.2) is 6.10 Å². The summed E-state index contributed by atoms with van der Waals surface area (Å²) in [5, 5.41) is 9.73. The van der Waals surface area contributed by atoms with Gasteiger partial charge in [0.25, 0.3) is 0 Å². The maximum Gasteiger partial charge on any atom is 0.306 e. The van der Waals surface area contributed by atoms with Crippen molar-refractivity contribution in [3.8, 4) is 0 Å². The molecule has 0 rings (SSSR count). The molecule has 0 amide bonds. The Balaban J connectivity index is 3.50. The van der Waals surface area contributed by atoms with Gasteiger partial charge < -0.3 is 14.6 Å². The van der Waals surface area contributed by atoms with Crippen molar-refractivity contribution >= 4 is 11.9 Å². The third-order valence-electron chi connectivity index (χ3n) is 16.7. The number of unbranched alkanes of at least 4 members (excludes halogenated alkanes) is 33. The molecule has 0 aromatic rings. The predicted molar refractivity (Wildman–Crippen MR) is 416 cm³/mol. The summed E-state index contributed by atoms with van der Waals surface area (Å²) in [6, 6.07) is 0. The van der Waals surface area contributed by atoms with Gasteiger partial charge in [0.2, 0.25) is 0 Å². The summed E-state index contributed by atoms with van der Waals surface area (Å²) < 4.78 is 10.8. The van der Waals surface area contributed by atoms with Crippen molar-refractivity contribution in [2.45, 2.75) is 354 Å². The van der Waals surface area contributed by atoms with Crippen LogP contribution in [-0.4, -0.2) is 36.4 Å². The molecule has 0 bridgehead atoms. The molecule has 0 aliphatic heterocycles. The van der Waals surface area contributed by atoms with Crippen LogP contribution >= 0.6 is 0 Å². The Morgan fingerprint density at radius 2 is 0.426 bits per heavy atom. The molecule has 1 unspecified atom stereocenters. The molecule has 1 atom stereocenters. The molecule has 5 nitrogen and oxygen atoms in total. The summed E-state index contributed by atoms with van der Waals surface area (Å²) in [5.74, 6) is -0.591. The van der Waals surface area contributed by atoms with Crippen LogP contribution in [0.4, 0.5) is 0 Å². The zero-order valence-electron chi connectivity index (χ0n) is 61.2. The number of carbonyl (C=O) groups is 2. The normalized spacial score (nSPS) is 13.3. The van der Waals surface area contributed by atoms with Gasteiger partial charge in [-0.1, -0.05) is 382 Å². The number of aliphatic hydroxyl groups excluding tert-OH is 1. The Morgan fingerprint density at radius 1 is 0.245 bits per heavy atom. The molecule has 0 aromatic carbocycles. The van der Waals surface area contributed by atoms with E-state index in [4.69, 9.17) is 9.47 Å². The molecule has 0 aliphatic rings. The van der Waals surface area contributed by atoms with E-state index in [0.717, 1.165) is 135 Å². The zero-order valence-corrected chi connectivity index (χ0v) is 61.2. The zero-order chi connectivity index (χ0) is 67.5. The second kappa shape index (κ2) is 82.2. The lowest BCUT2D eigenvalue weighted by atomic mass is 10.0. The predicted octanol–water partition coefficient (Wildman–Crippen LogP) is 28.1. The highest BCUT2D eigenvalue weighted by molar-refractivity contribution is 5.70. The molecule has 0 spiro atoms. The summed E-state index contributed by atoms with van der Waals surface area (Å²) in [7, 11) is 0. The molecule has 532 valence electrons. The van der Waals surface area contributed by atoms with Crippen LogP contribution in [0.1, 0.15) is 348 Å². The molecule has 0 saturated carbocycles. The summed E-state index contributed by atoms with van der Waals surface area (Å²) in [4.78, 5) is 24.7. The average Bonchev–Trinajstić information content (AvgIpc) is 3.77. The molecular weight excluding hydrogens is 1150 g/mol. The first-order valence-corrected chi connectivity index (χ1v) is 39.3. The topological polar surface area (TPSA) is 72.8 Å². The van der Waals surface area contributed by atoms with Crippen molar-refractivity contribution in [2.75, 3.05) is 13.2 Å². The lowest BCUT2D eigenvalue weighted by molar-refractivity contribution is -0.161. The first-order chi connectivity index (χ1) is 46.6. The second-order valence-electron chi connectivity index (χ2n) is 25.7. The number of hydrogen-bond donors (Lipinski definition) is 1. The number of carbonyl (C=O) groups excluding carboxylic acids is 2. The van der Waals surface area contributed by atoms with Gasteiger partial charge in [-0.25, -0.2) is 0 Å². The number of ether oxygens (including phenoxy) is 2. The highest BCUT2D eigenvalue weighted by Crippen LogP contribution is 2.18. The van der Waals surface area contributed by atoms with E-state index in [0.29, 0.717) is 12.8 Å². The minimum absolute atomic E-state index is 0.0727. The lowest BCUT2D eigenvalue weighted by Gasteiger charge is -2.15. The Morgan fingerprint density at radius 3 is 0.638 bits per heavy atom. The number of rotatable bonds is 71. The van der Waals surface area contributed by atoms with E-state index in [2.05, 4.69) is 196 Å². The molecule has 0 heterocycles. The van der Waals surface area contributed by atoms with Gasteiger partial charge >= 0.3 is 11.9 Å². The highest BCUT2D eigenvalue weighted by atomic mass is 16.6. The van der Waals surface area contributed by atoms with Gasteiger partial charge in [0, 0.05) is 12.8 Å². The summed E-state index contributed by atoms with van der Waals surface area (Å²) in [5.41, 5.74) is 0. The van der Waals surface area contributed by atoms with Crippen LogP contribution < -0.4 is 0 Å². The van der Waals surface area contributed by atoms with Gasteiger partial charge in [-0.3, -0.25) is 9.59 Å². The molecule has 1 N–H and O–H groups in total. The fourth-order valence-corrected chi connectivity index (χ4v) is 10.9. The summed E-state index contributed by atoms with van der Waals surface area (Å²) in [6.07, 6.45) is 128. The summed E-state index contributed by atoms with van der Waals surface area (Å²) >= 11 is 0. The van der Waals surface area contributed by atoms with E-state index in [1.165, 1.54) is 186 Å². The third kappa shape index (κ3) is 79.4. The largest absolute Gasteiger partial charge is 0.462 e. The first-order valence-electron chi connectivity index (χ1n) is 39.3. The molecule has 0 aliphatic carbocycles. The van der Waals surface area contributed by atoms with Crippen molar-refractivity contribution in [3.05, 3.63) is 182 Å². The van der Waals surface area contributed by atoms with E-state index in [1.54, 1.807) is 0 Å². The van der Waals surface area contributed by atoms with Crippen LogP contribution in [-0.2, 0) is 19.1 Å². The fraction of sp³-hybridized carbons (Fsp3) is 0.640. The molecule has 94 heavy (non-hydrogen) atoms. The Labute approximate surface area is 582 Å². The van der Waals surface area contributed by atoms with E-state index in [-0.39, 0.29) is 25.2 Å². The van der Waals surface area contributed by atoms with Gasteiger partial charge in [-0.05, 0) is 135 Å². The molecule has 0 radical (unpaired) electrons. The monoisotopic (exact) mass is 1300 g/mol. The van der Waals surface area contributed by atoms with E-state index >= 15 is 0 Å². The van der Waals surface area contributed by atoms with E-state index in [1.807, 2.05) is 0 Å². The van der Waals surface area contributed by atoms with Gasteiger partial charge in [0.1, 0.15) is 6.61 Å².